The smallest absolute Gasteiger partial charge is 0.0949 e. The van der Waals surface area contributed by atoms with Gasteiger partial charge in [0.05, 0.1) is 18.6 Å². The Morgan fingerprint density at radius 3 is 2.85 bits per heavy atom. The summed E-state index contributed by atoms with van der Waals surface area (Å²) in [4.78, 5) is 6.82. The summed E-state index contributed by atoms with van der Waals surface area (Å²) in [5.74, 6) is 0. The summed E-state index contributed by atoms with van der Waals surface area (Å²) in [5, 5.41) is 9.64. The van der Waals surface area contributed by atoms with Gasteiger partial charge in [0.15, 0.2) is 0 Å². The van der Waals surface area contributed by atoms with E-state index < -0.39 is 0 Å². The van der Waals surface area contributed by atoms with E-state index in [1.807, 2.05) is 19.4 Å². The van der Waals surface area contributed by atoms with Crippen LogP contribution in [0.1, 0.15) is 17.0 Å². The van der Waals surface area contributed by atoms with Crippen LogP contribution in [0.25, 0.3) is 0 Å². The third kappa shape index (κ3) is 2.62. The number of benzene rings is 1. The number of hydrogen-bond donors (Lipinski definition) is 1. The number of rotatable bonds is 4. The van der Waals surface area contributed by atoms with Crippen LogP contribution in [0.15, 0.2) is 36.7 Å². The molecule has 3 rings (SSSR count). The first-order chi connectivity index (χ1) is 9.78. The van der Waals surface area contributed by atoms with Gasteiger partial charge in [-0.05, 0) is 12.0 Å². The Bertz CT molecular complexity index is 564. The van der Waals surface area contributed by atoms with Crippen LogP contribution in [0.3, 0.4) is 0 Å². The lowest BCUT2D eigenvalue weighted by Crippen LogP contribution is -2.44. The van der Waals surface area contributed by atoms with Crippen molar-refractivity contribution in [2.24, 2.45) is 7.05 Å². The van der Waals surface area contributed by atoms with Crippen molar-refractivity contribution in [1.29, 1.82) is 0 Å². The molecule has 0 spiro atoms. The minimum Gasteiger partial charge on any atom is -0.395 e. The maximum atomic E-state index is 9.64. The fourth-order valence-electron chi connectivity index (χ4n) is 2.93. The Hall–Kier alpha value is -1.65. The molecule has 0 bridgehead atoms. The molecule has 106 valence electrons. The second-order valence-electron chi connectivity index (χ2n) is 5.50. The first-order valence-corrected chi connectivity index (χ1v) is 7.16. The van der Waals surface area contributed by atoms with Crippen molar-refractivity contribution in [1.82, 2.24) is 14.5 Å². The third-order valence-electron chi connectivity index (χ3n) is 4.19. The Labute approximate surface area is 119 Å². The highest BCUT2D eigenvalue weighted by atomic mass is 16.3. The Morgan fingerprint density at radius 2 is 2.10 bits per heavy atom. The molecule has 0 saturated heterocycles. The van der Waals surface area contributed by atoms with Crippen molar-refractivity contribution in [2.45, 2.75) is 25.4 Å². The second-order valence-corrected chi connectivity index (χ2v) is 5.50. The summed E-state index contributed by atoms with van der Waals surface area (Å²) in [5.41, 5.74) is 3.77. The quantitative estimate of drug-likeness (QED) is 0.913. The highest BCUT2D eigenvalue weighted by Gasteiger charge is 2.27. The number of aliphatic hydroxyl groups is 1. The minimum absolute atomic E-state index is 0.208. The molecule has 1 N–H and O–H groups in total. The zero-order chi connectivity index (χ0) is 13.9. The van der Waals surface area contributed by atoms with Gasteiger partial charge >= 0.3 is 0 Å². The molecule has 0 saturated carbocycles. The highest BCUT2D eigenvalue weighted by Crippen LogP contribution is 2.22. The number of aliphatic hydroxyl groups excluding tert-OH is 1. The van der Waals surface area contributed by atoms with Crippen LogP contribution < -0.4 is 0 Å². The van der Waals surface area contributed by atoms with E-state index in [0.29, 0.717) is 0 Å². The van der Waals surface area contributed by atoms with Gasteiger partial charge in [0.1, 0.15) is 0 Å². The van der Waals surface area contributed by atoms with Crippen molar-refractivity contribution < 1.29 is 5.11 Å². The minimum atomic E-state index is 0.208. The fourth-order valence-corrected chi connectivity index (χ4v) is 2.93. The number of fused-ring (bicyclic) bond motifs is 1. The van der Waals surface area contributed by atoms with Gasteiger partial charge in [-0.2, -0.15) is 0 Å². The van der Waals surface area contributed by atoms with E-state index >= 15 is 0 Å². The Morgan fingerprint density at radius 1 is 1.30 bits per heavy atom. The number of imidazole rings is 1. The van der Waals surface area contributed by atoms with Crippen molar-refractivity contribution in [3.05, 3.63) is 53.6 Å². The molecule has 0 unspecified atom stereocenters. The molecule has 20 heavy (non-hydrogen) atoms. The van der Waals surface area contributed by atoms with E-state index in [9.17, 15) is 5.11 Å². The van der Waals surface area contributed by atoms with Crippen LogP contribution in [0.2, 0.25) is 0 Å². The van der Waals surface area contributed by atoms with Crippen molar-refractivity contribution in [2.75, 3.05) is 13.2 Å². The first kappa shape index (κ1) is 13.3. The topological polar surface area (TPSA) is 41.3 Å². The normalized spacial score (nSPS) is 19.0. The number of aryl methyl sites for hydroxylation is 1. The van der Waals surface area contributed by atoms with Crippen molar-refractivity contribution in [3.8, 4) is 0 Å². The van der Waals surface area contributed by atoms with Gasteiger partial charge in [0, 0.05) is 38.3 Å². The summed E-state index contributed by atoms with van der Waals surface area (Å²) in [7, 11) is 2.03. The van der Waals surface area contributed by atoms with E-state index in [2.05, 4.69) is 38.7 Å². The zero-order valence-electron chi connectivity index (χ0n) is 11.9. The molecule has 4 nitrogen and oxygen atoms in total. The lowest BCUT2D eigenvalue weighted by Gasteiger charge is -2.34. The van der Waals surface area contributed by atoms with Gasteiger partial charge in [-0.3, -0.25) is 4.90 Å². The molecule has 0 amide bonds. The first-order valence-electron chi connectivity index (χ1n) is 7.16. The zero-order valence-corrected chi connectivity index (χ0v) is 11.9. The summed E-state index contributed by atoms with van der Waals surface area (Å²) < 4.78 is 2.08. The molecule has 1 aliphatic heterocycles. The van der Waals surface area contributed by atoms with E-state index in [1.165, 1.54) is 11.3 Å². The van der Waals surface area contributed by atoms with E-state index in [-0.39, 0.29) is 12.6 Å². The van der Waals surface area contributed by atoms with E-state index in [4.69, 9.17) is 0 Å². The summed E-state index contributed by atoms with van der Waals surface area (Å²) in [6.07, 6.45) is 3.77. The predicted octanol–water partition coefficient (Wildman–Crippen LogP) is 1.38. The largest absolute Gasteiger partial charge is 0.395 e. The summed E-state index contributed by atoms with van der Waals surface area (Å²) in [6, 6.07) is 10.7. The van der Waals surface area contributed by atoms with Crippen LogP contribution in [0.5, 0.6) is 0 Å². The van der Waals surface area contributed by atoms with E-state index in [0.717, 1.165) is 31.6 Å². The van der Waals surface area contributed by atoms with Gasteiger partial charge in [-0.1, -0.05) is 30.3 Å². The lowest BCUT2D eigenvalue weighted by atomic mass is 10.0. The third-order valence-corrected chi connectivity index (χ3v) is 4.19. The standard InChI is InChI=1S/C16H21N3O/c1-18-12-17-15-10-19(14(11-20)9-16(15)18)8-7-13-5-3-2-4-6-13/h2-6,12,14,20H,7-11H2,1H3/t14-/m0/s1. The molecule has 4 heteroatoms. The summed E-state index contributed by atoms with van der Waals surface area (Å²) in [6.45, 7) is 2.01. The average Bonchev–Trinajstić information content (AvgIpc) is 2.86. The SMILES string of the molecule is Cn1cnc2c1C[C@@H](CO)N(CCc1ccccc1)C2. The molecule has 2 heterocycles. The molecular weight excluding hydrogens is 250 g/mol. The number of hydrogen-bond acceptors (Lipinski definition) is 3. The molecule has 0 radical (unpaired) electrons. The van der Waals surface area contributed by atoms with Gasteiger partial charge in [0.2, 0.25) is 0 Å². The van der Waals surface area contributed by atoms with Crippen LogP contribution in [0, 0.1) is 0 Å². The lowest BCUT2D eigenvalue weighted by molar-refractivity contribution is 0.104. The fraction of sp³-hybridized carbons (Fsp3) is 0.438. The molecule has 1 atom stereocenters. The Balaban J connectivity index is 1.70. The molecule has 1 aliphatic rings. The van der Waals surface area contributed by atoms with Crippen LogP contribution in [-0.2, 0) is 26.4 Å². The molecule has 2 aromatic rings. The average molecular weight is 271 g/mol. The maximum absolute atomic E-state index is 9.64. The molecule has 1 aromatic carbocycles. The maximum Gasteiger partial charge on any atom is 0.0949 e. The predicted molar refractivity (Wildman–Crippen MR) is 78.3 cm³/mol. The van der Waals surface area contributed by atoms with Crippen molar-refractivity contribution >= 4 is 0 Å². The number of nitrogens with zero attached hydrogens (tertiary/aromatic N) is 3. The van der Waals surface area contributed by atoms with Gasteiger partial charge in [-0.25, -0.2) is 4.98 Å². The van der Waals surface area contributed by atoms with E-state index in [1.54, 1.807) is 0 Å². The Kier molecular flexibility index (Phi) is 3.85. The van der Waals surface area contributed by atoms with Gasteiger partial charge in [0.25, 0.3) is 0 Å². The summed E-state index contributed by atoms with van der Waals surface area (Å²) >= 11 is 0. The van der Waals surface area contributed by atoms with Crippen LogP contribution in [0.4, 0.5) is 0 Å². The second kappa shape index (κ2) is 5.77. The molecular formula is C16H21N3O. The molecule has 1 aromatic heterocycles. The highest BCUT2D eigenvalue weighted by molar-refractivity contribution is 5.19. The number of aromatic nitrogens is 2. The van der Waals surface area contributed by atoms with Crippen LogP contribution >= 0.6 is 0 Å². The molecule has 0 fully saturated rings. The van der Waals surface area contributed by atoms with Crippen molar-refractivity contribution in [3.63, 3.8) is 0 Å². The molecule has 0 aliphatic carbocycles. The van der Waals surface area contributed by atoms with Gasteiger partial charge in [-0.15, -0.1) is 0 Å². The monoisotopic (exact) mass is 271 g/mol. The van der Waals surface area contributed by atoms with Gasteiger partial charge < -0.3 is 9.67 Å². The van der Waals surface area contributed by atoms with Crippen LogP contribution in [-0.4, -0.2) is 38.8 Å².